The van der Waals surface area contributed by atoms with Crippen LogP contribution >= 0.6 is 11.3 Å². The topological polar surface area (TPSA) is 29.2 Å². The first-order valence-corrected chi connectivity index (χ1v) is 9.75. The highest BCUT2D eigenvalue weighted by Crippen LogP contribution is 2.26. The fourth-order valence-corrected chi connectivity index (χ4v) is 4.65. The second kappa shape index (κ2) is 7.05. The van der Waals surface area contributed by atoms with Crippen molar-refractivity contribution in [3.05, 3.63) is 52.2 Å². The first-order valence-electron chi connectivity index (χ1n) is 8.87. The van der Waals surface area contributed by atoms with Gasteiger partial charge in [-0.3, -0.25) is 4.79 Å². The summed E-state index contributed by atoms with van der Waals surface area (Å²) in [6, 6.07) is 12.7. The van der Waals surface area contributed by atoms with E-state index < -0.39 is 0 Å². The van der Waals surface area contributed by atoms with Crippen LogP contribution in [0.5, 0.6) is 0 Å². The Morgan fingerprint density at radius 2 is 1.83 bits per heavy atom. The highest BCUT2D eigenvalue weighted by atomic mass is 32.1. The maximum Gasteiger partial charge on any atom is 0.282 e. The molecule has 24 heavy (non-hydrogen) atoms. The zero-order valence-electron chi connectivity index (χ0n) is 14.0. The molecule has 1 amide bonds. The molecule has 1 fully saturated rings. The van der Waals surface area contributed by atoms with Crippen molar-refractivity contribution in [3.8, 4) is 0 Å². The standard InChI is InChI=1S/C19H23N3OS/c23-19(22-8-7-16-4-1-2-6-18(16)22)15-21-11-9-20(10-12-21)14-17-5-3-13-24-17/h1-6,13H,7-12,14-15H2/p+2. The van der Waals surface area contributed by atoms with E-state index in [1.807, 2.05) is 22.3 Å². The Bertz CT molecular complexity index is 692. The number of carbonyl (C=O) groups is 1. The molecule has 2 aliphatic heterocycles. The Balaban J connectivity index is 1.29. The van der Waals surface area contributed by atoms with Gasteiger partial charge in [0.15, 0.2) is 6.54 Å². The first-order chi connectivity index (χ1) is 11.8. The molecule has 4 nitrogen and oxygen atoms in total. The number of benzene rings is 1. The Morgan fingerprint density at radius 1 is 1.04 bits per heavy atom. The molecule has 0 aliphatic carbocycles. The van der Waals surface area contributed by atoms with E-state index in [0.29, 0.717) is 6.54 Å². The molecule has 0 saturated carbocycles. The third-order valence-electron chi connectivity index (χ3n) is 5.26. The van der Waals surface area contributed by atoms with Crippen LogP contribution in [0, 0.1) is 0 Å². The van der Waals surface area contributed by atoms with Gasteiger partial charge in [0.1, 0.15) is 32.7 Å². The number of anilines is 1. The van der Waals surface area contributed by atoms with E-state index in [-0.39, 0.29) is 5.91 Å². The van der Waals surface area contributed by atoms with Crippen molar-refractivity contribution < 1.29 is 14.6 Å². The number of rotatable bonds is 4. The molecule has 0 spiro atoms. The fourth-order valence-electron chi connectivity index (χ4n) is 3.88. The van der Waals surface area contributed by atoms with Gasteiger partial charge >= 0.3 is 0 Å². The largest absolute Gasteiger partial charge is 0.321 e. The molecular weight excluding hydrogens is 318 g/mol. The molecule has 2 aliphatic rings. The molecule has 1 saturated heterocycles. The highest BCUT2D eigenvalue weighted by Gasteiger charge is 2.30. The number of amides is 1. The summed E-state index contributed by atoms with van der Waals surface area (Å²) in [5, 5.41) is 2.16. The van der Waals surface area contributed by atoms with Gasteiger partial charge < -0.3 is 14.7 Å². The van der Waals surface area contributed by atoms with Crippen LogP contribution in [-0.4, -0.2) is 45.2 Å². The van der Waals surface area contributed by atoms with Crippen molar-refractivity contribution in [2.75, 3.05) is 44.2 Å². The Kier molecular flexibility index (Phi) is 4.65. The number of thiophene rings is 1. The monoisotopic (exact) mass is 343 g/mol. The molecule has 5 heteroatoms. The number of carbonyl (C=O) groups excluding carboxylic acids is 1. The molecule has 3 heterocycles. The van der Waals surface area contributed by atoms with Gasteiger partial charge in [0.05, 0.1) is 4.88 Å². The average Bonchev–Trinajstić information content (AvgIpc) is 3.26. The van der Waals surface area contributed by atoms with Gasteiger partial charge in [-0.15, -0.1) is 11.3 Å². The molecular formula is C19H25N3OS+2. The summed E-state index contributed by atoms with van der Waals surface area (Å²) >= 11 is 1.85. The number of nitrogens with zero attached hydrogens (tertiary/aromatic N) is 1. The molecule has 0 bridgehead atoms. The minimum Gasteiger partial charge on any atom is -0.321 e. The van der Waals surface area contributed by atoms with Crippen LogP contribution in [0.4, 0.5) is 5.69 Å². The van der Waals surface area contributed by atoms with Gasteiger partial charge in [-0.2, -0.15) is 0 Å². The quantitative estimate of drug-likeness (QED) is 0.779. The number of quaternary nitrogens is 2. The molecule has 0 atom stereocenters. The number of piperazine rings is 1. The van der Waals surface area contributed by atoms with Crippen LogP contribution in [0.3, 0.4) is 0 Å². The lowest BCUT2D eigenvalue weighted by molar-refractivity contribution is -1.01. The molecule has 0 radical (unpaired) electrons. The normalized spacial score (nSPS) is 23.2. The Hall–Kier alpha value is -1.69. The summed E-state index contributed by atoms with van der Waals surface area (Å²) in [6.45, 7) is 7.15. The molecule has 126 valence electrons. The Morgan fingerprint density at radius 3 is 2.62 bits per heavy atom. The average molecular weight is 343 g/mol. The maximum absolute atomic E-state index is 12.7. The molecule has 4 rings (SSSR count). The predicted octanol–water partition coefficient (Wildman–Crippen LogP) is -0.379. The predicted molar refractivity (Wildman–Crippen MR) is 96.8 cm³/mol. The minimum atomic E-state index is 0.289. The van der Waals surface area contributed by atoms with Crippen molar-refractivity contribution >= 4 is 22.9 Å². The molecule has 1 aromatic heterocycles. The summed E-state index contributed by atoms with van der Waals surface area (Å²) in [6.07, 6.45) is 0.996. The van der Waals surface area contributed by atoms with Crippen molar-refractivity contribution in [3.63, 3.8) is 0 Å². The fraction of sp³-hybridized carbons (Fsp3) is 0.421. The second-order valence-corrected chi connectivity index (χ2v) is 7.89. The van der Waals surface area contributed by atoms with Crippen LogP contribution in [0.25, 0.3) is 0 Å². The van der Waals surface area contributed by atoms with Crippen LogP contribution in [-0.2, 0) is 17.8 Å². The third kappa shape index (κ3) is 3.38. The van der Waals surface area contributed by atoms with Gasteiger partial charge in [-0.05, 0) is 29.5 Å². The highest BCUT2D eigenvalue weighted by molar-refractivity contribution is 7.09. The van der Waals surface area contributed by atoms with Crippen molar-refractivity contribution in [2.45, 2.75) is 13.0 Å². The number of para-hydroxylation sites is 1. The summed E-state index contributed by atoms with van der Waals surface area (Å²) in [7, 11) is 0. The van der Waals surface area contributed by atoms with Crippen molar-refractivity contribution in [2.24, 2.45) is 0 Å². The van der Waals surface area contributed by atoms with Crippen LogP contribution in [0.1, 0.15) is 10.4 Å². The Labute approximate surface area is 147 Å². The van der Waals surface area contributed by atoms with E-state index in [4.69, 9.17) is 0 Å². The van der Waals surface area contributed by atoms with Gasteiger partial charge in [-0.25, -0.2) is 0 Å². The molecule has 2 aromatic rings. The van der Waals surface area contributed by atoms with E-state index in [1.165, 1.54) is 15.3 Å². The van der Waals surface area contributed by atoms with Gasteiger partial charge in [0, 0.05) is 12.2 Å². The summed E-state index contributed by atoms with van der Waals surface area (Å²) in [5.74, 6) is 0.289. The van der Waals surface area contributed by atoms with E-state index in [0.717, 1.165) is 51.4 Å². The number of fused-ring (bicyclic) bond motifs is 1. The lowest BCUT2D eigenvalue weighted by Gasteiger charge is -2.30. The number of hydrogen-bond acceptors (Lipinski definition) is 2. The summed E-state index contributed by atoms with van der Waals surface area (Å²) in [4.78, 5) is 19.3. The zero-order valence-corrected chi connectivity index (χ0v) is 14.8. The lowest BCUT2D eigenvalue weighted by atomic mass is 10.2. The second-order valence-electron chi connectivity index (χ2n) is 6.86. The third-order valence-corrected chi connectivity index (χ3v) is 6.13. The van der Waals surface area contributed by atoms with Crippen LogP contribution in [0.2, 0.25) is 0 Å². The van der Waals surface area contributed by atoms with Gasteiger partial charge in [0.2, 0.25) is 0 Å². The molecule has 2 N–H and O–H groups in total. The van der Waals surface area contributed by atoms with Gasteiger partial charge in [0.25, 0.3) is 5.91 Å². The van der Waals surface area contributed by atoms with Crippen molar-refractivity contribution in [1.29, 1.82) is 0 Å². The van der Waals surface area contributed by atoms with Gasteiger partial charge in [-0.1, -0.05) is 24.3 Å². The number of hydrogen-bond donors (Lipinski definition) is 2. The van der Waals surface area contributed by atoms with E-state index >= 15 is 0 Å². The van der Waals surface area contributed by atoms with Crippen LogP contribution in [0.15, 0.2) is 41.8 Å². The summed E-state index contributed by atoms with van der Waals surface area (Å²) in [5.41, 5.74) is 2.44. The number of nitrogens with one attached hydrogen (secondary N) is 2. The SMILES string of the molecule is O=C(C[NH+]1CC[NH+](Cc2cccs2)CC1)N1CCc2ccccc21. The van der Waals surface area contributed by atoms with E-state index in [2.05, 4.69) is 35.7 Å². The van der Waals surface area contributed by atoms with E-state index in [1.54, 1.807) is 4.90 Å². The zero-order chi connectivity index (χ0) is 16.4. The minimum absolute atomic E-state index is 0.289. The molecule has 0 unspecified atom stereocenters. The maximum atomic E-state index is 12.7. The lowest BCUT2D eigenvalue weighted by Crippen LogP contribution is -3.28. The smallest absolute Gasteiger partial charge is 0.282 e. The summed E-state index contributed by atoms with van der Waals surface area (Å²) < 4.78 is 0. The molecule has 1 aromatic carbocycles. The van der Waals surface area contributed by atoms with E-state index in [9.17, 15) is 4.79 Å². The van der Waals surface area contributed by atoms with Crippen molar-refractivity contribution in [1.82, 2.24) is 0 Å². The van der Waals surface area contributed by atoms with Crippen LogP contribution < -0.4 is 14.7 Å². The first kappa shape index (κ1) is 15.8.